The molecule has 0 unspecified atom stereocenters. The van der Waals surface area contributed by atoms with E-state index in [9.17, 15) is 4.79 Å². The van der Waals surface area contributed by atoms with E-state index in [0.29, 0.717) is 50.8 Å². The maximum atomic E-state index is 13.4. The summed E-state index contributed by atoms with van der Waals surface area (Å²) < 4.78 is 5.84. The van der Waals surface area contributed by atoms with Crippen LogP contribution in [0.15, 0.2) is 60.7 Å². The van der Waals surface area contributed by atoms with Crippen LogP contribution < -0.4 is 9.64 Å². The Labute approximate surface area is 221 Å². The summed E-state index contributed by atoms with van der Waals surface area (Å²) in [5, 5.41) is 10.1. The predicted molar refractivity (Wildman–Crippen MR) is 149 cm³/mol. The van der Waals surface area contributed by atoms with E-state index in [-0.39, 0.29) is 12.5 Å². The minimum absolute atomic E-state index is 0.0574. The van der Waals surface area contributed by atoms with Crippen molar-refractivity contribution < 1.29 is 14.6 Å². The van der Waals surface area contributed by atoms with Crippen LogP contribution in [0.4, 0.5) is 5.82 Å². The monoisotopic (exact) mass is 516 g/mol. The molecule has 8 heteroatoms. The number of amides is 1. The molecule has 1 aliphatic rings. The quantitative estimate of drug-likeness (QED) is 0.314. The number of thiophene rings is 1. The maximum absolute atomic E-state index is 13.4. The Hall–Kier alpha value is -3.49. The Morgan fingerprint density at radius 3 is 2.51 bits per heavy atom. The van der Waals surface area contributed by atoms with Crippen LogP contribution in [0.25, 0.3) is 21.3 Å². The smallest absolute Gasteiger partial charge is 0.319 e. The van der Waals surface area contributed by atoms with Gasteiger partial charge in [-0.1, -0.05) is 49.4 Å². The average Bonchev–Trinajstić information content (AvgIpc) is 3.39. The Bertz CT molecular complexity index is 1350. The first kappa shape index (κ1) is 25.2. The number of unbranched alkanes of at least 4 members (excludes halogenated alkanes) is 1. The summed E-state index contributed by atoms with van der Waals surface area (Å²) in [7, 11) is 0. The number of carbonyl (C=O) groups is 1. The van der Waals surface area contributed by atoms with Gasteiger partial charge in [0.05, 0.1) is 12.0 Å². The molecule has 7 nitrogen and oxygen atoms in total. The fourth-order valence-electron chi connectivity index (χ4n) is 4.56. The second kappa shape index (κ2) is 11.7. The van der Waals surface area contributed by atoms with E-state index in [1.54, 1.807) is 11.3 Å². The van der Waals surface area contributed by atoms with Crippen LogP contribution in [0.1, 0.15) is 35.0 Å². The van der Waals surface area contributed by atoms with Gasteiger partial charge in [0.15, 0.2) is 0 Å². The molecule has 0 radical (unpaired) electrons. The molecule has 1 fully saturated rings. The van der Waals surface area contributed by atoms with E-state index in [0.717, 1.165) is 40.0 Å². The number of nitrogens with zero attached hydrogens (tertiary/aromatic N) is 4. The Balaban J connectivity index is 1.31. The third-order valence-corrected chi connectivity index (χ3v) is 7.79. The lowest BCUT2D eigenvalue weighted by atomic mass is 10.0. The summed E-state index contributed by atoms with van der Waals surface area (Å²) in [6.07, 6.45) is 2.39. The highest BCUT2D eigenvalue weighted by Gasteiger charge is 2.25. The number of aromatic nitrogens is 2. The molecule has 2 aromatic heterocycles. The van der Waals surface area contributed by atoms with Crippen LogP contribution >= 0.6 is 11.3 Å². The van der Waals surface area contributed by atoms with Crippen molar-refractivity contribution in [2.45, 2.75) is 26.2 Å². The van der Waals surface area contributed by atoms with Crippen LogP contribution in [0.5, 0.6) is 6.01 Å². The van der Waals surface area contributed by atoms with Crippen LogP contribution in [-0.4, -0.2) is 65.3 Å². The summed E-state index contributed by atoms with van der Waals surface area (Å²) in [4.78, 5) is 29.1. The molecule has 1 N–H and O–H groups in total. The number of carbonyl (C=O) groups excluding carboxylic acids is 1. The lowest BCUT2D eigenvalue weighted by Gasteiger charge is -2.35. The highest BCUT2D eigenvalue weighted by Crippen LogP contribution is 2.33. The van der Waals surface area contributed by atoms with E-state index in [2.05, 4.69) is 35.0 Å². The van der Waals surface area contributed by atoms with Gasteiger partial charge in [0, 0.05) is 43.2 Å². The van der Waals surface area contributed by atoms with Crippen molar-refractivity contribution in [3.05, 3.63) is 71.1 Å². The molecule has 192 valence electrons. The summed E-state index contributed by atoms with van der Waals surface area (Å²) in [6.45, 7) is 5.39. The second-order valence-corrected chi connectivity index (χ2v) is 10.2. The van der Waals surface area contributed by atoms with E-state index in [1.165, 1.54) is 4.88 Å². The number of piperazine rings is 1. The summed E-state index contributed by atoms with van der Waals surface area (Å²) in [6, 6.07) is 20.6. The molecule has 1 amide bonds. The van der Waals surface area contributed by atoms with Crippen LogP contribution in [-0.2, 0) is 6.42 Å². The minimum atomic E-state index is 0.0574. The third kappa shape index (κ3) is 5.76. The largest absolute Gasteiger partial charge is 0.463 e. The Morgan fingerprint density at radius 2 is 1.76 bits per heavy atom. The number of aliphatic hydroxyl groups excluding tert-OH is 1. The van der Waals surface area contributed by atoms with E-state index >= 15 is 0 Å². The predicted octanol–water partition coefficient (Wildman–Crippen LogP) is 5.03. The zero-order chi connectivity index (χ0) is 25.6. The van der Waals surface area contributed by atoms with Gasteiger partial charge in [-0.05, 0) is 48.6 Å². The molecule has 1 aliphatic heterocycles. The number of anilines is 1. The van der Waals surface area contributed by atoms with Crippen LogP contribution in [0.2, 0.25) is 0 Å². The maximum Gasteiger partial charge on any atom is 0.319 e. The fraction of sp³-hybridized carbons (Fsp3) is 0.345. The van der Waals surface area contributed by atoms with Crippen molar-refractivity contribution in [1.82, 2.24) is 14.9 Å². The normalized spacial score (nSPS) is 13.8. The molecule has 0 bridgehead atoms. The van der Waals surface area contributed by atoms with Gasteiger partial charge in [-0.25, -0.2) is 0 Å². The standard InChI is InChI=1S/C29H32N4O3S/c1-2-24-20-25-26(30-29(31-27(25)37-24)36-18-7-6-17-34)32-13-15-33(16-14-32)28(35)23-12-8-11-22(19-23)21-9-4-3-5-10-21/h3-5,8-12,19-20,34H,2,6-7,13-18H2,1H3. The van der Waals surface area contributed by atoms with Gasteiger partial charge in [-0.15, -0.1) is 11.3 Å². The van der Waals surface area contributed by atoms with Gasteiger partial charge in [0.25, 0.3) is 5.91 Å². The fourth-order valence-corrected chi connectivity index (χ4v) is 5.51. The summed E-state index contributed by atoms with van der Waals surface area (Å²) in [5.41, 5.74) is 2.86. The number of aliphatic hydroxyl groups is 1. The highest BCUT2D eigenvalue weighted by molar-refractivity contribution is 7.18. The minimum Gasteiger partial charge on any atom is -0.463 e. The van der Waals surface area contributed by atoms with Crippen LogP contribution in [0, 0.1) is 0 Å². The molecule has 0 saturated carbocycles. The van der Waals surface area contributed by atoms with Crippen LogP contribution in [0.3, 0.4) is 0 Å². The number of benzene rings is 2. The molecule has 0 spiro atoms. The second-order valence-electron chi connectivity index (χ2n) is 9.12. The van der Waals surface area contributed by atoms with E-state index in [1.807, 2.05) is 47.4 Å². The number of aryl methyl sites for hydroxylation is 1. The van der Waals surface area contributed by atoms with E-state index < -0.39 is 0 Å². The topological polar surface area (TPSA) is 78.8 Å². The number of hydrogen-bond donors (Lipinski definition) is 1. The molecular formula is C29H32N4O3S. The summed E-state index contributed by atoms with van der Waals surface area (Å²) >= 11 is 1.67. The molecule has 37 heavy (non-hydrogen) atoms. The molecule has 0 aliphatic carbocycles. The van der Waals surface area contributed by atoms with Crippen molar-refractivity contribution in [2.24, 2.45) is 0 Å². The molecule has 5 rings (SSSR count). The van der Waals surface area contributed by atoms with Crippen molar-refractivity contribution in [2.75, 3.05) is 44.3 Å². The number of fused-ring (bicyclic) bond motifs is 1. The molecule has 4 aromatic rings. The first-order valence-corrected chi connectivity index (χ1v) is 13.7. The van der Waals surface area contributed by atoms with E-state index in [4.69, 9.17) is 14.8 Å². The van der Waals surface area contributed by atoms with Gasteiger partial charge < -0.3 is 19.6 Å². The number of ether oxygens (including phenoxy) is 1. The SMILES string of the molecule is CCc1cc2c(N3CCN(C(=O)c4cccc(-c5ccccc5)c4)CC3)nc(OCCCCO)nc2s1. The van der Waals surface area contributed by atoms with Crippen molar-refractivity contribution in [1.29, 1.82) is 0 Å². The molecule has 3 heterocycles. The average molecular weight is 517 g/mol. The molecule has 1 saturated heterocycles. The molecular weight excluding hydrogens is 484 g/mol. The molecule has 2 aromatic carbocycles. The van der Waals surface area contributed by atoms with Gasteiger partial charge in [-0.2, -0.15) is 9.97 Å². The Kier molecular flexibility index (Phi) is 7.96. The van der Waals surface area contributed by atoms with Crippen molar-refractivity contribution in [3.8, 4) is 17.1 Å². The first-order valence-electron chi connectivity index (χ1n) is 12.9. The number of hydrogen-bond acceptors (Lipinski definition) is 7. The highest BCUT2D eigenvalue weighted by atomic mass is 32.1. The van der Waals surface area contributed by atoms with Gasteiger partial charge >= 0.3 is 6.01 Å². The Morgan fingerprint density at radius 1 is 0.973 bits per heavy atom. The van der Waals surface area contributed by atoms with Gasteiger partial charge in [-0.3, -0.25) is 4.79 Å². The zero-order valence-corrected chi connectivity index (χ0v) is 21.9. The zero-order valence-electron chi connectivity index (χ0n) is 21.1. The van der Waals surface area contributed by atoms with Gasteiger partial charge in [0.2, 0.25) is 0 Å². The lowest BCUT2D eigenvalue weighted by molar-refractivity contribution is 0.0746. The first-order chi connectivity index (χ1) is 18.2. The lowest BCUT2D eigenvalue weighted by Crippen LogP contribution is -2.49. The number of rotatable bonds is 9. The van der Waals surface area contributed by atoms with Crippen molar-refractivity contribution in [3.63, 3.8) is 0 Å². The van der Waals surface area contributed by atoms with Crippen molar-refractivity contribution >= 4 is 33.3 Å². The van der Waals surface area contributed by atoms with Gasteiger partial charge in [0.1, 0.15) is 10.6 Å². The third-order valence-electron chi connectivity index (χ3n) is 6.62. The summed E-state index contributed by atoms with van der Waals surface area (Å²) in [5.74, 6) is 0.929. The molecule has 0 atom stereocenters.